The minimum absolute atomic E-state index is 0.0328. The Morgan fingerprint density at radius 1 is 1.04 bits per heavy atom. The van der Waals surface area contributed by atoms with Crippen molar-refractivity contribution in [1.29, 1.82) is 0 Å². The molecule has 3 rings (SSSR count). The molecule has 0 fully saturated rings. The SMILES string of the molecule is CN(C)CC(NC(=O)NCCCn1ccc2ccccc21)c1ccccc1. The van der Waals surface area contributed by atoms with Crippen molar-refractivity contribution < 1.29 is 4.79 Å². The van der Waals surface area contributed by atoms with E-state index < -0.39 is 0 Å². The Balaban J connectivity index is 1.48. The third-order valence-corrected chi connectivity index (χ3v) is 4.60. The number of carbonyl (C=O) groups is 1. The lowest BCUT2D eigenvalue weighted by atomic mass is 10.1. The molecule has 3 aromatic rings. The molecule has 5 nitrogen and oxygen atoms in total. The minimum Gasteiger partial charge on any atom is -0.347 e. The molecule has 1 heterocycles. The van der Waals surface area contributed by atoms with Gasteiger partial charge in [0.1, 0.15) is 0 Å². The fourth-order valence-corrected chi connectivity index (χ4v) is 3.28. The Morgan fingerprint density at radius 3 is 2.56 bits per heavy atom. The van der Waals surface area contributed by atoms with Crippen molar-refractivity contribution in [3.05, 3.63) is 72.4 Å². The number of fused-ring (bicyclic) bond motifs is 1. The molecule has 142 valence electrons. The summed E-state index contributed by atoms with van der Waals surface area (Å²) in [6, 6.07) is 20.4. The molecular weight excluding hydrogens is 336 g/mol. The smallest absolute Gasteiger partial charge is 0.315 e. The first-order valence-electron chi connectivity index (χ1n) is 9.41. The number of aromatic nitrogens is 1. The van der Waals surface area contributed by atoms with Crippen molar-refractivity contribution in [2.24, 2.45) is 0 Å². The number of hydrogen-bond donors (Lipinski definition) is 2. The van der Waals surface area contributed by atoms with Crippen LogP contribution in [-0.2, 0) is 6.54 Å². The molecule has 0 radical (unpaired) electrons. The standard InChI is InChI=1S/C22H28N4O/c1-25(2)17-20(18-9-4-3-5-10-18)24-22(27)23-14-8-15-26-16-13-19-11-6-7-12-21(19)26/h3-7,9-13,16,20H,8,14-15,17H2,1-2H3,(H2,23,24,27). The van der Waals surface area contributed by atoms with E-state index in [4.69, 9.17) is 0 Å². The Labute approximate surface area is 161 Å². The fourth-order valence-electron chi connectivity index (χ4n) is 3.28. The van der Waals surface area contributed by atoms with Crippen LogP contribution in [0.3, 0.4) is 0 Å². The molecule has 2 N–H and O–H groups in total. The molecule has 5 heteroatoms. The second kappa shape index (κ2) is 9.24. The number of carbonyl (C=O) groups excluding carboxylic acids is 1. The van der Waals surface area contributed by atoms with Gasteiger partial charge in [0, 0.05) is 31.3 Å². The van der Waals surface area contributed by atoms with Crippen LogP contribution in [0.5, 0.6) is 0 Å². The fraction of sp³-hybridized carbons (Fsp3) is 0.318. The number of rotatable bonds is 8. The van der Waals surface area contributed by atoms with E-state index >= 15 is 0 Å². The van der Waals surface area contributed by atoms with Crippen molar-refractivity contribution in [3.63, 3.8) is 0 Å². The molecule has 0 aliphatic carbocycles. The van der Waals surface area contributed by atoms with Gasteiger partial charge in [0.05, 0.1) is 6.04 Å². The number of benzene rings is 2. The van der Waals surface area contributed by atoms with E-state index in [1.807, 2.05) is 44.4 Å². The highest BCUT2D eigenvalue weighted by Gasteiger charge is 2.15. The highest BCUT2D eigenvalue weighted by Crippen LogP contribution is 2.15. The second-order valence-corrected chi connectivity index (χ2v) is 7.05. The van der Waals surface area contributed by atoms with Gasteiger partial charge in [-0.05, 0) is 43.6 Å². The van der Waals surface area contributed by atoms with Crippen molar-refractivity contribution in [2.75, 3.05) is 27.2 Å². The number of urea groups is 1. The van der Waals surface area contributed by atoms with Gasteiger partial charge in [-0.15, -0.1) is 0 Å². The molecule has 1 aromatic heterocycles. The summed E-state index contributed by atoms with van der Waals surface area (Å²) in [5.41, 5.74) is 2.34. The van der Waals surface area contributed by atoms with E-state index in [2.05, 4.69) is 56.6 Å². The summed E-state index contributed by atoms with van der Waals surface area (Å²) in [6.07, 6.45) is 2.99. The number of aryl methyl sites for hydroxylation is 1. The number of nitrogens with zero attached hydrogens (tertiary/aromatic N) is 2. The van der Waals surface area contributed by atoms with E-state index in [1.165, 1.54) is 10.9 Å². The predicted octanol–water partition coefficient (Wildman–Crippen LogP) is 3.63. The van der Waals surface area contributed by atoms with Crippen LogP contribution in [0.15, 0.2) is 66.9 Å². The van der Waals surface area contributed by atoms with Crippen molar-refractivity contribution in [2.45, 2.75) is 19.0 Å². The van der Waals surface area contributed by atoms with Crippen LogP contribution < -0.4 is 10.6 Å². The third-order valence-electron chi connectivity index (χ3n) is 4.60. The molecule has 0 aliphatic rings. The van der Waals surface area contributed by atoms with Gasteiger partial charge in [0.15, 0.2) is 0 Å². The summed E-state index contributed by atoms with van der Waals surface area (Å²) in [6.45, 7) is 2.28. The molecule has 0 bridgehead atoms. The second-order valence-electron chi connectivity index (χ2n) is 7.05. The molecule has 0 aliphatic heterocycles. The summed E-state index contributed by atoms with van der Waals surface area (Å²) in [5.74, 6) is 0. The Morgan fingerprint density at radius 2 is 1.78 bits per heavy atom. The zero-order chi connectivity index (χ0) is 19.1. The first kappa shape index (κ1) is 19.0. The number of hydrogen-bond acceptors (Lipinski definition) is 2. The summed E-state index contributed by atoms with van der Waals surface area (Å²) < 4.78 is 2.23. The normalized spacial score (nSPS) is 12.3. The maximum Gasteiger partial charge on any atom is 0.315 e. The quantitative estimate of drug-likeness (QED) is 0.600. The van der Waals surface area contributed by atoms with Gasteiger partial charge < -0.3 is 20.1 Å². The van der Waals surface area contributed by atoms with Crippen LogP contribution >= 0.6 is 0 Å². The van der Waals surface area contributed by atoms with E-state index in [1.54, 1.807) is 0 Å². The van der Waals surface area contributed by atoms with Crippen LogP contribution in [0.1, 0.15) is 18.0 Å². The highest BCUT2D eigenvalue weighted by atomic mass is 16.2. The molecular formula is C22H28N4O. The van der Waals surface area contributed by atoms with Gasteiger partial charge in [0.25, 0.3) is 0 Å². The monoisotopic (exact) mass is 364 g/mol. The number of likely N-dealkylation sites (N-methyl/N-ethyl adjacent to an activating group) is 1. The Hall–Kier alpha value is -2.79. The summed E-state index contributed by atoms with van der Waals surface area (Å²) in [7, 11) is 4.02. The van der Waals surface area contributed by atoms with Crippen LogP contribution in [0.25, 0.3) is 10.9 Å². The molecule has 1 unspecified atom stereocenters. The lowest BCUT2D eigenvalue weighted by Gasteiger charge is -2.23. The molecule has 2 amide bonds. The van der Waals surface area contributed by atoms with Crippen LogP contribution in [-0.4, -0.2) is 42.7 Å². The largest absolute Gasteiger partial charge is 0.347 e. The molecule has 27 heavy (non-hydrogen) atoms. The van der Waals surface area contributed by atoms with Crippen LogP contribution in [0, 0.1) is 0 Å². The van der Waals surface area contributed by atoms with Crippen molar-refractivity contribution in [3.8, 4) is 0 Å². The van der Waals surface area contributed by atoms with E-state index in [0.717, 1.165) is 25.1 Å². The topological polar surface area (TPSA) is 49.3 Å². The zero-order valence-electron chi connectivity index (χ0n) is 16.1. The highest BCUT2D eigenvalue weighted by molar-refractivity contribution is 5.79. The molecule has 0 spiro atoms. The average molecular weight is 364 g/mol. The molecule has 0 saturated carbocycles. The van der Waals surface area contributed by atoms with Gasteiger partial charge in [-0.1, -0.05) is 48.5 Å². The van der Waals surface area contributed by atoms with E-state index in [0.29, 0.717) is 6.54 Å². The van der Waals surface area contributed by atoms with Crippen LogP contribution in [0.2, 0.25) is 0 Å². The molecule has 2 aromatic carbocycles. The first-order valence-corrected chi connectivity index (χ1v) is 9.41. The first-order chi connectivity index (χ1) is 13.1. The van der Waals surface area contributed by atoms with Crippen molar-refractivity contribution >= 4 is 16.9 Å². The molecule has 0 saturated heterocycles. The summed E-state index contributed by atoms with van der Waals surface area (Å²) in [4.78, 5) is 14.4. The molecule has 1 atom stereocenters. The maximum absolute atomic E-state index is 12.3. The average Bonchev–Trinajstić information content (AvgIpc) is 3.08. The lowest BCUT2D eigenvalue weighted by molar-refractivity contribution is 0.232. The Bertz CT molecular complexity index is 857. The summed E-state index contributed by atoms with van der Waals surface area (Å²) >= 11 is 0. The van der Waals surface area contributed by atoms with Crippen LogP contribution in [0.4, 0.5) is 4.79 Å². The van der Waals surface area contributed by atoms with Gasteiger partial charge in [-0.2, -0.15) is 0 Å². The van der Waals surface area contributed by atoms with Crippen molar-refractivity contribution in [1.82, 2.24) is 20.1 Å². The third kappa shape index (κ3) is 5.34. The zero-order valence-corrected chi connectivity index (χ0v) is 16.1. The van der Waals surface area contributed by atoms with Gasteiger partial charge in [-0.3, -0.25) is 0 Å². The van der Waals surface area contributed by atoms with E-state index in [-0.39, 0.29) is 12.1 Å². The predicted molar refractivity (Wildman–Crippen MR) is 111 cm³/mol. The number of para-hydroxylation sites is 1. The van der Waals surface area contributed by atoms with Gasteiger partial charge in [0.2, 0.25) is 0 Å². The maximum atomic E-state index is 12.3. The number of amides is 2. The minimum atomic E-state index is -0.122. The van der Waals surface area contributed by atoms with E-state index in [9.17, 15) is 4.79 Å². The van der Waals surface area contributed by atoms with Gasteiger partial charge >= 0.3 is 6.03 Å². The Kier molecular flexibility index (Phi) is 6.49. The number of nitrogens with one attached hydrogen (secondary N) is 2. The van der Waals surface area contributed by atoms with Gasteiger partial charge in [-0.25, -0.2) is 4.79 Å². The summed E-state index contributed by atoms with van der Waals surface area (Å²) in [5, 5.41) is 7.32. The lowest BCUT2D eigenvalue weighted by Crippen LogP contribution is -2.41.